The van der Waals surface area contributed by atoms with Gasteiger partial charge in [0.1, 0.15) is 17.8 Å². The molecule has 1 heterocycles. The third-order valence-corrected chi connectivity index (χ3v) is 11.4. The Morgan fingerprint density at radius 2 is 1.17 bits per heavy atom. The number of aliphatic hydroxyl groups excluding tert-OH is 2. The van der Waals surface area contributed by atoms with Crippen LogP contribution in [-0.4, -0.2) is 133 Å². The molecule has 0 aromatic heterocycles. The number of rotatable bonds is 19. The van der Waals surface area contributed by atoms with Crippen LogP contribution in [0.25, 0.3) is 0 Å². The number of fused-ring (bicyclic) bond motifs is 4. The van der Waals surface area contributed by atoms with Crippen LogP contribution in [0, 0.1) is 23.7 Å². The Morgan fingerprint density at radius 3 is 1.65 bits per heavy atom. The lowest BCUT2D eigenvalue weighted by Gasteiger charge is -2.29. The van der Waals surface area contributed by atoms with E-state index in [1.54, 1.807) is 14.2 Å². The lowest BCUT2D eigenvalue weighted by Crippen LogP contribution is -2.56. The summed E-state index contributed by atoms with van der Waals surface area (Å²) in [4.78, 5) is 50.8. The first-order valence-electron chi connectivity index (χ1n) is 21.3. The van der Waals surface area contributed by atoms with E-state index in [4.69, 9.17) is 23.7 Å². The van der Waals surface area contributed by atoms with E-state index in [-0.39, 0.29) is 30.5 Å². The van der Waals surface area contributed by atoms with E-state index in [0.29, 0.717) is 67.9 Å². The highest BCUT2D eigenvalue weighted by atomic mass is 16.7. The number of aryl methyl sites for hydroxylation is 1. The van der Waals surface area contributed by atoms with E-state index >= 15 is 0 Å². The molecule has 2 aromatic rings. The molecule has 63 heavy (non-hydrogen) atoms. The first-order valence-corrected chi connectivity index (χ1v) is 21.3. The molecule has 4 amide bonds. The summed E-state index contributed by atoms with van der Waals surface area (Å²) in [6, 6.07) is 3.41. The largest absolute Gasteiger partial charge is 0.497 e. The molecule has 2 aliphatic carbocycles. The molecule has 2 aromatic carbocycles. The Labute approximate surface area is 368 Å². The van der Waals surface area contributed by atoms with Crippen LogP contribution in [-0.2, 0) is 44.9 Å². The summed E-state index contributed by atoms with van der Waals surface area (Å²) in [5.41, 5.74) is 3.90. The van der Waals surface area contributed by atoms with Crippen molar-refractivity contribution in [1.29, 1.82) is 0 Å². The lowest BCUT2D eigenvalue weighted by atomic mass is 9.75. The fourth-order valence-corrected chi connectivity index (χ4v) is 8.10. The van der Waals surface area contributed by atoms with Crippen LogP contribution in [0.5, 0.6) is 28.7 Å². The quantitative estimate of drug-likeness (QED) is 0.0787. The summed E-state index contributed by atoms with van der Waals surface area (Å²) < 4.78 is 27.5. The van der Waals surface area contributed by atoms with Gasteiger partial charge in [-0.25, -0.2) is 0 Å². The highest BCUT2D eigenvalue weighted by molar-refractivity contribution is 6.44. The molecule has 0 saturated heterocycles. The van der Waals surface area contributed by atoms with E-state index in [2.05, 4.69) is 21.3 Å². The van der Waals surface area contributed by atoms with Gasteiger partial charge in [0.05, 0.1) is 46.4 Å². The molecule has 0 radical (unpaired) electrons. The molecule has 0 spiro atoms. The third kappa shape index (κ3) is 13.4. The van der Waals surface area contributed by atoms with Crippen LogP contribution in [0.1, 0.15) is 75.6 Å². The van der Waals surface area contributed by atoms with E-state index in [0.717, 1.165) is 34.4 Å². The highest BCUT2D eigenvalue weighted by Gasteiger charge is 2.38. The number of carbonyl (C=O) groups excluding carboxylic acids is 4. The van der Waals surface area contributed by atoms with Crippen molar-refractivity contribution in [2.24, 2.45) is 23.7 Å². The van der Waals surface area contributed by atoms with Crippen LogP contribution in [0.4, 0.5) is 0 Å². The van der Waals surface area contributed by atoms with Crippen molar-refractivity contribution in [2.75, 3.05) is 41.3 Å². The maximum Gasteiger partial charge on any atom is 0.475 e. The summed E-state index contributed by atoms with van der Waals surface area (Å²) in [6.07, 6.45) is 3.95. The standard InChI is InChI=1S/C22H33BN2O9.C20H31BN2O6/c1-11(2)7-16(23(29)30)25-22(28)15(9-26)24-21(27)12-5-6-13-14(8-12)18-20(34-10-33-18)19(32-4)17(13)31-3;1-12(2)8-18(21(27)28)23-20(26)17(11-24)22-19(25)15-5-4-14-10-16(29-3)7-6-13(14)9-15/h11-12,15-16,26,29-30H,5-10H2,1-4H3,(H,24,27)(H,25,28);6-7,10,12,15,17-18,24,27-28H,4-5,8-9,11H2,1-3H3,(H,22,25)(H,23,26)/t12?,15-,16-;15?,17-,18-/m00/s1. The average Bonchev–Trinajstić information content (AvgIpc) is 3.75. The first-order chi connectivity index (χ1) is 30.0. The van der Waals surface area contributed by atoms with Gasteiger partial charge in [-0.2, -0.15) is 0 Å². The Hall–Kier alpha value is -4.79. The SMILES string of the molecule is COc1c2c(c3c(c1OC)OCO3)CC(C(=O)N[C@@H](CO)C(=O)N[C@@H](CC(C)C)B(O)O)CC2.COc1ccc2c(c1)CCC(C(=O)N[C@@H](CO)C(=O)N[C@@H](CC(C)C)B(O)O)C2. The van der Waals surface area contributed by atoms with Crippen molar-refractivity contribution in [3.8, 4) is 28.7 Å². The highest BCUT2D eigenvalue weighted by Crippen LogP contribution is 2.54. The van der Waals surface area contributed by atoms with Gasteiger partial charge in [0.25, 0.3) is 0 Å². The maximum atomic E-state index is 13.0. The molecule has 5 rings (SSSR count). The number of benzene rings is 2. The molecule has 1 aliphatic heterocycles. The van der Waals surface area contributed by atoms with Crippen molar-refractivity contribution in [3.05, 3.63) is 40.5 Å². The predicted octanol–water partition coefficient (Wildman–Crippen LogP) is -0.622. The van der Waals surface area contributed by atoms with Crippen molar-refractivity contribution < 1.29 is 73.2 Å². The second-order valence-electron chi connectivity index (χ2n) is 16.9. The Bertz CT molecular complexity index is 1880. The minimum absolute atomic E-state index is 0.0309. The Morgan fingerprint density at radius 1 is 0.667 bits per heavy atom. The molecule has 0 bridgehead atoms. The first kappa shape index (κ1) is 50.9. The average molecular weight is 887 g/mol. The monoisotopic (exact) mass is 886 g/mol. The zero-order chi connectivity index (χ0) is 46.5. The minimum atomic E-state index is -1.76. The normalized spacial score (nSPS) is 18.0. The molecule has 6 atom stereocenters. The second kappa shape index (κ2) is 23.8. The molecular weight excluding hydrogens is 822 g/mol. The number of hydrogen-bond acceptors (Lipinski definition) is 15. The summed E-state index contributed by atoms with van der Waals surface area (Å²) in [7, 11) is 1.20. The zero-order valence-electron chi connectivity index (χ0n) is 37.1. The number of nitrogens with one attached hydrogen (secondary N) is 4. The lowest BCUT2D eigenvalue weighted by molar-refractivity contribution is -0.132. The predicted molar refractivity (Wildman–Crippen MR) is 231 cm³/mol. The van der Waals surface area contributed by atoms with Gasteiger partial charge in [-0.1, -0.05) is 33.8 Å². The Kier molecular flexibility index (Phi) is 19.2. The molecule has 2 unspecified atom stereocenters. The van der Waals surface area contributed by atoms with Gasteiger partial charge in [-0.05, 0) is 86.5 Å². The van der Waals surface area contributed by atoms with Gasteiger partial charge in [-0.3, -0.25) is 19.2 Å². The molecule has 0 fully saturated rings. The van der Waals surface area contributed by atoms with E-state index in [9.17, 15) is 49.5 Å². The van der Waals surface area contributed by atoms with Gasteiger partial charge in [-0.15, -0.1) is 0 Å². The topological polar surface area (TPSA) is 284 Å². The van der Waals surface area contributed by atoms with Gasteiger partial charge >= 0.3 is 14.2 Å². The fourth-order valence-electron chi connectivity index (χ4n) is 8.10. The summed E-state index contributed by atoms with van der Waals surface area (Å²) in [6.45, 7) is 6.37. The van der Waals surface area contributed by atoms with Gasteiger partial charge < -0.3 is 75.3 Å². The number of hydrogen-bond donors (Lipinski definition) is 10. The van der Waals surface area contributed by atoms with Crippen LogP contribution >= 0.6 is 0 Å². The number of amides is 4. The van der Waals surface area contributed by atoms with Crippen molar-refractivity contribution >= 4 is 37.9 Å². The van der Waals surface area contributed by atoms with Crippen LogP contribution in [0.15, 0.2) is 18.2 Å². The molecule has 348 valence electrons. The van der Waals surface area contributed by atoms with E-state index in [1.807, 2.05) is 45.9 Å². The number of ether oxygens (including phenoxy) is 5. The fraction of sp³-hybridized carbons (Fsp3) is 0.619. The van der Waals surface area contributed by atoms with Gasteiger partial charge in [0, 0.05) is 23.0 Å². The maximum absolute atomic E-state index is 13.0. The van der Waals surface area contributed by atoms with Gasteiger partial charge in [0.15, 0.2) is 11.5 Å². The summed E-state index contributed by atoms with van der Waals surface area (Å²) >= 11 is 0. The molecule has 19 nitrogen and oxygen atoms in total. The number of methoxy groups -OCH3 is 3. The smallest absolute Gasteiger partial charge is 0.475 e. The minimum Gasteiger partial charge on any atom is -0.497 e. The van der Waals surface area contributed by atoms with Crippen LogP contribution in [0.2, 0.25) is 0 Å². The third-order valence-electron chi connectivity index (χ3n) is 11.4. The Balaban J connectivity index is 0.000000280. The molecule has 21 heteroatoms. The van der Waals surface area contributed by atoms with Gasteiger partial charge in [0.2, 0.25) is 41.9 Å². The number of carbonyl (C=O) groups is 4. The summed E-state index contributed by atoms with van der Waals surface area (Å²) in [5, 5.41) is 67.5. The zero-order valence-corrected chi connectivity index (χ0v) is 37.1. The van der Waals surface area contributed by atoms with Crippen molar-refractivity contribution in [1.82, 2.24) is 21.3 Å². The summed E-state index contributed by atoms with van der Waals surface area (Å²) in [5.74, 6) is -1.61. The van der Waals surface area contributed by atoms with Crippen molar-refractivity contribution in [3.63, 3.8) is 0 Å². The molecule has 3 aliphatic rings. The molecular formula is C42H64B2N4O15. The second-order valence-corrected chi connectivity index (χ2v) is 16.9. The van der Waals surface area contributed by atoms with E-state index < -0.39 is 75.1 Å². The molecule has 0 saturated carbocycles. The van der Waals surface area contributed by atoms with Crippen LogP contribution < -0.4 is 45.0 Å². The van der Waals surface area contributed by atoms with E-state index in [1.165, 1.54) is 7.11 Å². The molecule has 10 N–H and O–H groups in total. The van der Waals surface area contributed by atoms with Crippen molar-refractivity contribution in [2.45, 2.75) is 103 Å². The number of aliphatic hydroxyl groups is 2. The van der Waals surface area contributed by atoms with Crippen LogP contribution in [0.3, 0.4) is 0 Å².